The minimum Gasteiger partial charge on any atom is -0.448 e. The molecule has 0 amide bonds. The van der Waals surface area contributed by atoms with Crippen LogP contribution in [0.4, 0.5) is 4.39 Å². The number of carbonyl (C=O) groups excluding carboxylic acids is 1. The molecule has 8 heteroatoms. The molecule has 3 aromatic heterocycles. The van der Waals surface area contributed by atoms with E-state index < -0.39 is 0 Å². The van der Waals surface area contributed by atoms with Crippen molar-refractivity contribution in [2.75, 3.05) is 26.3 Å². The van der Waals surface area contributed by atoms with Crippen LogP contribution in [0.3, 0.4) is 0 Å². The maximum Gasteiger partial charge on any atom is 0.197 e. The number of rotatable bonds is 7. The number of aromatic nitrogens is 4. The molecule has 1 aliphatic heterocycles. The molecule has 4 heterocycles. The Balaban J connectivity index is 1.28. The third-order valence-corrected chi connectivity index (χ3v) is 6.30. The molecule has 0 saturated carbocycles. The van der Waals surface area contributed by atoms with Crippen LogP contribution in [-0.4, -0.2) is 56.7 Å². The largest absolute Gasteiger partial charge is 0.448 e. The fraction of sp³-hybridized carbons (Fsp3) is 0.360. The van der Waals surface area contributed by atoms with Crippen molar-refractivity contribution in [3.05, 3.63) is 66.4 Å². The molecule has 0 bridgehead atoms. The lowest BCUT2D eigenvalue weighted by Gasteiger charge is -2.29. The van der Waals surface area contributed by atoms with Gasteiger partial charge in [0.25, 0.3) is 0 Å². The summed E-state index contributed by atoms with van der Waals surface area (Å²) < 4.78 is 20.0. The maximum atomic E-state index is 12.9. The van der Waals surface area contributed by atoms with E-state index in [0.717, 1.165) is 47.8 Å². The monoisotopic (exact) mass is 447 g/mol. The lowest BCUT2D eigenvalue weighted by atomic mass is 9.97. The molecule has 0 radical (unpaired) electrons. The Morgan fingerprint density at radius 2 is 2.00 bits per heavy atom. The fourth-order valence-electron chi connectivity index (χ4n) is 4.41. The normalized spacial score (nSPS) is 15.3. The van der Waals surface area contributed by atoms with Crippen LogP contribution < -0.4 is 0 Å². The molecule has 1 aliphatic rings. The molecule has 0 aliphatic carbocycles. The standard InChI is InChI=1S/C25H26FN5O2/c1-30-15-21(14-28-30)18-2-3-19-13-27-22(11-20(19)10-18)12-24(32)23-16-33-25(29-23)17-4-7-31(8-5-17)9-6-26/h2-3,10-11,13-17H,4-9,12H2,1H3. The minimum atomic E-state index is -0.324. The number of carbonyl (C=O) groups is 1. The molecule has 0 atom stereocenters. The zero-order chi connectivity index (χ0) is 22.8. The molecule has 0 unspecified atom stereocenters. The highest BCUT2D eigenvalue weighted by Crippen LogP contribution is 2.28. The Kier molecular flexibility index (Phi) is 6.00. The summed E-state index contributed by atoms with van der Waals surface area (Å²) in [6.45, 7) is 1.80. The van der Waals surface area contributed by atoms with Crippen molar-refractivity contribution in [1.82, 2.24) is 24.6 Å². The lowest BCUT2D eigenvalue weighted by molar-refractivity contribution is 0.0987. The van der Waals surface area contributed by atoms with Crippen molar-refractivity contribution in [2.24, 2.45) is 7.05 Å². The van der Waals surface area contributed by atoms with E-state index in [4.69, 9.17) is 4.42 Å². The first kappa shape index (κ1) is 21.5. The Morgan fingerprint density at radius 1 is 1.15 bits per heavy atom. The average Bonchev–Trinajstić information content (AvgIpc) is 3.49. The number of benzene rings is 1. The van der Waals surface area contributed by atoms with Crippen molar-refractivity contribution < 1.29 is 13.6 Å². The number of nitrogens with zero attached hydrogens (tertiary/aromatic N) is 5. The molecule has 170 valence electrons. The molecule has 5 rings (SSSR count). The van der Waals surface area contributed by atoms with Gasteiger partial charge in [0.15, 0.2) is 11.7 Å². The van der Waals surface area contributed by atoms with Crippen LogP contribution in [0, 0.1) is 0 Å². The summed E-state index contributed by atoms with van der Waals surface area (Å²) >= 11 is 0. The number of ketones is 1. The average molecular weight is 448 g/mol. The van der Waals surface area contributed by atoms with E-state index in [2.05, 4.69) is 26.0 Å². The number of pyridine rings is 1. The number of hydrogen-bond acceptors (Lipinski definition) is 6. The van der Waals surface area contributed by atoms with Crippen molar-refractivity contribution >= 4 is 16.6 Å². The van der Waals surface area contributed by atoms with Gasteiger partial charge >= 0.3 is 0 Å². The lowest BCUT2D eigenvalue weighted by Crippen LogP contribution is -2.34. The summed E-state index contributed by atoms with van der Waals surface area (Å²) in [5.41, 5.74) is 3.14. The first-order valence-electron chi connectivity index (χ1n) is 11.2. The number of piperidine rings is 1. The molecule has 4 aromatic rings. The van der Waals surface area contributed by atoms with Gasteiger partial charge in [0.1, 0.15) is 18.6 Å². The van der Waals surface area contributed by atoms with Gasteiger partial charge in [0, 0.05) is 48.5 Å². The van der Waals surface area contributed by atoms with Crippen LogP contribution in [0.25, 0.3) is 21.9 Å². The summed E-state index contributed by atoms with van der Waals surface area (Å²) in [6, 6.07) is 8.12. The predicted molar refractivity (Wildman–Crippen MR) is 123 cm³/mol. The van der Waals surface area contributed by atoms with Crippen molar-refractivity contribution in [2.45, 2.75) is 25.2 Å². The Morgan fingerprint density at radius 3 is 2.76 bits per heavy atom. The second-order valence-electron chi connectivity index (χ2n) is 8.62. The second kappa shape index (κ2) is 9.23. The smallest absolute Gasteiger partial charge is 0.197 e. The molecule has 7 nitrogen and oxygen atoms in total. The number of aryl methyl sites for hydroxylation is 1. The van der Waals surface area contributed by atoms with E-state index in [-0.39, 0.29) is 24.8 Å². The van der Waals surface area contributed by atoms with E-state index >= 15 is 0 Å². The van der Waals surface area contributed by atoms with Gasteiger partial charge in [-0.1, -0.05) is 12.1 Å². The Hall–Kier alpha value is -3.39. The van der Waals surface area contributed by atoms with Gasteiger partial charge in [-0.15, -0.1) is 0 Å². The third-order valence-electron chi connectivity index (χ3n) is 6.30. The van der Waals surface area contributed by atoms with Crippen LogP contribution in [0.5, 0.6) is 0 Å². The summed E-state index contributed by atoms with van der Waals surface area (Å²) in [6.07, 6.45) is 8.94. The molecular weight excluding hydrogens is 421 g/mol. The van der Waals surface area contributed by atoms with E-state index in [9.17, 15) is 9.18 Å². The topological polar surface area (TPSA) is 77.0 Å². The van der Waals surface area contributed by atoms with Gasteiger partial charge < -0.3 is 9.32 Å². The van der Waals surface area contributed by atoms with Gasteiger partial charge in [-0.3, -0.25) is 14.5 Å². The maximum absolute atomic E-state index is 12.9. The predicted octanol–water partition coefficient (Wildman–Crippen LogP) is 4.20. The zero-order valence-electron chi connectivity index (χ0n) is 18.6. The van der Waals surface area contributed by atoms with Crippen LogP contribution in [-0.2, 0) is 13.5 Å². The van der Waals surface area contributed by atoms with Crippen LogP contribution >= 0.6 is 0 Å². The number of fused-ring (bicyclic) bond motifs is 1. The summed E-state index contributed by atoms with van der Waals surface area (Å²) in [7, 11) is 1.89. The van der Waals surface area contributed by atoms with Gasteiger partial charge in [-0.2, -0.15) is 5.10 Å². The number of alkyl halides is 1. The highest BCUT2D eigenvalue weighted by atomic mass is 19.1. The van der Waals surface area contributed by atoms with Gasteiger partial charge in [0.05, 0.1) is 12.6 Å². The van der Waals surface area contributed by atoms with Crippen molar-refractivity contribution in [1.29, 1.82) is 0 Å². The quantitative estimate of drug-likeness (QED) is 0.395. The molecule has 33 heavy (non-hydrogen) atoms. The highest BCUT2D eigenvalue weighted by molar-refractivity contribution is 5.96. The number of halogens is 1. The molecular formula is C25H26FN5O2. The molecule has 1 saturated heterocycles. The first-order valence-corrected chi connectivity index (χ1v) is 11.2. The fourth-order valence-corrected chi connectivity index (χ4v) is 4.41. The SMILES string of the molecule is Cn1cc(-c2ccc3cnc(CC(=O)c4coc(C5CCN(CCF)CC5)n4)cc3c2)cn1. The number of likely N-dealkylation sites (tertiary alicyclic amines) is 1. The zero-order valence-corrected chi connectivity index (χ0v) is 18.6. The van der Waals surface area contributed by atoms with E-state index in [0.29, 0.717) is 23.8 Å². The van der Waals surface area contributed by atoms with Crippen molar-refractivity contribution in [3.8, 4) is 11.1 Å². The Labute approximate surface area is 191 Å². The highest BCUT2D eigenvalue weighted by Gasteiger charge is 2.25. The summed E-state index contributed by atoms with van der Waals surface area (Å²) in [5.74, 6) is 0.660. The van der Waals surface area contributed by atoms with Crippen molar-refractivity contribution in [3.63, 3.8) is 0 Å². The number of Topliss-reactive ketones (excluding diaryl/α,β-unsaturated/α-hetero) is 1. The summed E-state index contributed by atoms with van der Waals surface area (Å²) in [5, 5.41) is 6.28. The number of oxazole rings is 1. The van der Waals surface area contributed by atoms with Gasteiger partial charge in [-0.25, -0.2) is 9.37 Å². The number of hydrogen-bond donors (Lipinski definition) is 0. The molecule has 0 spiro atoms. The Bertz CT molecular complexity index is 1270. The van der Waals surface area contributed by atoms with E-state index in [1.165, 1.54) is 6.26 Å². The third kappa shape index (κ3) is 4.71. The van der Waals surface area contributed by atoms with Gasteiger partial charge in [-0.05, 0) is 49.0 Å². The van der Waals surface area contributed by atoms with E-state index in [1.807, 2.05) is 37.6 Å². The van der Waals surface area contributed by atoms with Crippen LogP contribution in [0.15, 0.2) is 53.5 Å². The van der Waals surface area contributed by atoms with E-state index in [1.54, 1.807) is 10.9 Å². The van der Waals surface area contributed by atoms with Crippen LogP contribution in [0.2, 0.25) is 0 Å². The summed E-state index contributed by atoms with van der Waals surface area (Å²) in [4.78, 5) is 23.9. The molecule has 1 aromatic carbocycles. The first-order chi connectivity index (χ1) is 16.1. The molecule has 1 fully saturated rings. The van der Waals surface area contributed by atoms with Gasteiger partial charge in [0.2, 0.25) is 0 Å². The minimum absolute atomic E-state index is 0.116. The van der Waals surface area contributed by atoms with Crippen LogP contribution in [0.1, 0.15) is 40.8 Å². The second-order valence-corrected chi connectivity index (χ2v) is 8.62. The molecule has 0 N–H and O–H groups in total.